The molecule has 11 heteroatoms. The van der Waals surface area contributed by atoms with Gasteiger partial charge in [-0.2, -0.15) is 4.57 Å². The first-order valence-corrected chi connectivity index (χ1v) is 12.6. The van der Waals surface area contributed by atoms with Crippen molar-refractivity contribution in [3.63, 3.8) is 0 Å². The molecule has 2 unspecified atom stereocenters. The molecule has 0 fully saturated rings. The first-order valence-electron chi connectivity index (χ1n) is 10.4. The Labute approximate surface area is 200 Å². The summed E-state index contributed by atoms with van der Waals surface area (Å²) in [6.07, 6.45) is 1.36. The summed E-state index contributed by atoms with van der Waals surface area (Å²) in [6.45, 7) is 0.835. The van der Waals surface area contributed by atoms with Gasteiger partial charge in [-0.25, -0.2) is 4.79 Å². The molecule has 0 saturated heterocycles. The van der Waals surface area contributed by atoms with Gasteiger partial charge in [-0.1, -0.05) is 48.5 Å². The Morgan fingerprint density at radius 2 is 1.71 bits per heavy atom. The number of hydrogen-bond acceptors (Lipinski definition) is 7. The predicted octanol–water partition coefficient (Wildman–Crippen LogP) is 2.89. The van der Waals surface area contributed by atoms with Gasteiger partial charge in [-0.15, -0.1) is 21.2 Å². The monoisotopic (exact) mass is 503 g/mol. The van der Waals surface area contributed by atoms with Crippen molar-refractivity contribution >= 4 is 25.9 Å². The maximum Gasteiger partial charge on any atom is 0.695 e. The number of nitrogens with zero attached hydrogens (tertiary/aromatic N) is 2. The molecule has 3 aromatic rings. The maximum atomic E-state index is 13.0. The van der Waals surface area contributed by atoms with Crippen molar-refractivity contribution in [2.45, 2.75) is 13.2 Å². The third-order valence-electron chi connectivity index (χ3n) is 4.80. The van der Waals surface area contributed by atoms with Crippen molar-refractivity contribution in [2.75, 3.05) is 18.3 Å². The standard InChI is InChI=1S/C23H23N2O7PS/c26-21-11-12-24(23(28)25(21)22(27)20-9-5-2-6-10-20)13-19(16-34-17-32-33(29)30)15-31-14-18-7-3-1-4-8-18/h1-12,19H,13-17H2/p+1. The van der Waals surface area contributed by atoms with Gasteiger partial charge in [-0.3, -0.25) is 14.2 Å². The number of carbonyl (C=O) groups is 1. The van der Waals surface area contributed by atoms with Crippen molar-refractivity contribution in [3.05, 3.63) is 105 Å². The van der Waals surface area contributed by atoms with Gasteiger partial charge >= 0.3 is 13.9 Å². The normalized spacial score (nSPS) is 12.3. The second kappa shape index (κ2) is 13.1. The number of ether oxygens (including phenoxy) is 1. The topological polar surface area (TPSA) is 117 Å². The van der Waals surface area contributed by atoms with Crippen LogP contribution >= 0.6 is 20.0 Å². The number of thioether (sulfide) groups is 1. The minimum Gasteiger partial charge on any atom is -0.376 e. The van der Waals surface area contributed by atoms with Crippen LogP contribution in [0.5, 0.6) is 0 Å². The molecule has 178 valence electrons. The molecule has 2 atom stereocenters. The van der Waals surface area contributed by atoms with E-state index in [0.29, 0.717) is 16.9 Å². The fourth-order valence-corrected chi connectivity index (χ4v) is 4.49. The summed E-state index contributed by atoms with van der Waals surface area (Å²) < 4.78 is 23.2. The number of benzene rings is 2. The smallest absolute Gasteiger partial charge is 0.376 e. The zero-order valence-corrected chi connectivity index (χ0v) is 19.9. The lowest BCUT2D eigenvalue weighted by atomic mass is 10.2. The zero-order chi connectivity index (χ0) is 24.3. The van der Waals surface area contributed by atoms with E-state index < -0.39 is 25.4 Å². The van der Waals surface area contributed by atoms with E-state index in [-0.39, 0.29) is 30.6 Å². The van der Waals surface area contributed by atoms with Gasteiger partial charge in [0.15, 0.2) is 5.94 Å². The zero-order valence-electron chi connectivity index (χ0n) is 18.2. The SMILES string of the molecule is O=C(c1ccccc1)n1c(=O)ccn(CC(COCc2ccccc2)CSCO[P+](=O)O)c1=O. The Hall–Kier alpha value is -2.88. The van der Waals surface area contributed by atoms with E-state index in [0.717, 1.165) is 5.56 Å². The first kappa shape index (κ1) is 25.7. The molecule has 0 amide bonds. The Bertz CT molecular complexity index is 1220. The second-order valence-corrected chi connectivity index (χ2v) is 9.03. The van der Waals surface area contributed by atoms with E-state index in [2.05, 4.69) is 4.52 Å². The molecule has 0 aliphatic carbocycles. The van der Waals surface area contributed by atoms with E-state index in [1.807, 2.05) is 30.3 Å². The van der Waals surface area contributed by atoms with Gasteiger partial charge in [-0.05, 0) is 17.7 Å². The molecule has 1 aromatic heterocycles. The molecule has 0 bridgehead atoms. The molecule has 2 aromatic carbocycles. The molecule has 0 radical (unpaired) electrons. The second-order valence-electron chi connectivity index (χ2n) is 7.32. The Morgan fingerprint density at radius 1 is 1.03 bits per heavy atom. The van der Waals surface area contributed by atoms with Gasteiger partial charge in [0, 0.05) is 40.6 Å². The van der Waals surface area contributed by atoms with Crippen molar-refractivity contribution in [1.82, 2.24) is 9.13 Å². The fourth-order valence-electron chi connectivity index (χ4n) is 3.20. The Morgan fingerprint density at radius 3 is 2.38 bits per heavy atom. The molecule has 0 saturated carbocycles. The summed E-state index contributed by atoms with van der Waals surface area (Å²) in [5.74, 6) is -0.446. The van der Waals surface area contributed by atoms with Crippen molar-refractivity contribution in [1.29, 1.82) is 0 Å². The van der Waals surface area contributed by atoms with Crippen molar-refractivity contribution in [3.8, 4) is 0 Å². The van der Waals surface area contributed by atoms with Crippen LogP contribution in [-0.2, 0) is 27.0 Å². The lowest BCUT2D eigenvalue weighted by Crippen LogP contribution is -2.44. The van der Waals surface area contributed by atoms with Gasteiger partial charge < -0.3 is 4.74 Å². The lowest BCUT2D eigenvalue weighted by molar-refractivity contribution is 0.0870. The molecular weight excluding hydrogens is 479 g/mol. The summed E-state index contributed by atoms with van der Waals surface area (Å²) in [5, 5.41) is 0. The molecule has 9 nitrogen and oxygen atoms in total. The summed E-state index contributed by atoms with van der Waals surface area (Å²) in [7, 11) is -2.70. The number of aromatic nitrogens is 2. The minimum atomic E-state index is -2.70. The van der Waals surface area contributed by atoms with Gasteiger partial charge in [0.1, 0.15) is 0 Å². The quantitative estimate of drug-likeness (QED) is 0.228. The van der Waals surface area contributed by atoms with Crippen LogP contribution in [0.4, 0.5) is 0 Å². The molecule has 0 aliphatic heterocycles. The van der Waals surface area contributed by atoms with Crippen LogP contribution in [0.25, 0.3) is 0 Å². The minimum absolute atomic E-state index is 0.00176. The summed E-state index contributed by atoms with van der Waals surface area (Å²) in [4.78, 5) is 46.9. The third kappa shape index (κ3) is 7.58. The Kier molecular flexibility index (Phi) is 9.93. The van der Waals surface area contributed by atoms with Crippen molar-refractivity contribution < 1.29 is 23.5 Å². The van der Waals surface area contributed by atoms with Crippen LogP contribution in [0.3, 0.4) is 0 Å². The van der Waals surface area contributed by atoms with E-state index in [4.69, 9.17) is 9.63 Å². The highest BCUT2D eigenvalue weighted by molar-refractivity contribution is 7.99. The largest absolute Gasteiger partial charge is 0.695 e. The lowest BCUT2D eigenvalue weighted by Gasteiger charge is -2.18. The molecule has 3 rings (SSSR count). The summed E-state index contributed by atoms with van der Waals surface area (Å²) in [5.41, 5.74) is -0.225. The van der Waals surface area contributed by atoms with Crippen LogP contribution < -0.4 is 11.2 Å². The molecule has 0 aliphatic rings. The third-order valence-corrected chi connectivity index (χ3v) is 6.31. The average Bonchev–Trinajstić information content (AvgIpc) is 2.84. The molecule has 34 heavy (non-hydrogen) atoms. The van der Waals surface area contributed by atoms with Gasteiger partial charge in [0.25, 0.3) is 11.5 Å². The molecular formula is C23H24N2O7PS+. The fraction of sp³-hybridized carbons (Fsp3) is 0.261. The Balaban J connectivity index is 1.75. The van der Waals surface area contributed by atoms with Crippen molar-refractivity contribution in [2.24, 2.45) is 5.92 Å². The highest BCUT2D eigenvalue weighted by Gasteiger charge is 2.19. The predicted molar refractivity (Wildman–Crippen MR) is 129 cm³/mol. The highest BCUT2D eigenvalue weighted by Crippen LogP contribution is 2.20. The highest BCUT2D eigenvalue weighted by atomic mass is 32.2. The van der Waals surface area contributed by atoms with E-state index in [9.17, 15) is 18.9 Å². The van der Waals surface area contributed by atoms with E-state index in [1.54, 1.807) is 18.2 Å². The molecule has 1 N–H and O–H groups in total. The van der Waals surface area contributed by atoms with Crippen LogP contribution in [-0.4, -0.2) is 38.2 Å². The number of hydrogen-bond donors (Lipinski definition) is 1. The van der Waals surface area contributed by atoms with Gasteiger partial charge in [0.2, 0.25) is 0 Å². The first-order chi connectivity index (χ1) is 16.5. The summed E-state index contributed by atoms with van der Waals surface area (Å²) in [6, 6.07) is 18.9. The van der Waals surface area contributed by atoms with Crippen LogP contribution in [0, 0.1) is 5.92 Å². The van der Waals surface area contributed by atoms with Gasteiger partial charge in [0.05, 0.1) is 13.2 Å². The van der Waals surface area contributed by atoms with E-state index in [1.165, 1.54) is 40.7 Å². The van der Waals surface area contributed by atoms with Crippen LogP contribution in [0.2, 0.25) is 0 Å². The number of rotatable bonds is 12. The summed E-state index contributed by atoms with van der Waals surface area (Å²) >= 11 is 1.27. The molecule has 0 spiro atoms. The van der Waals surface area contributed by atoms with Crippen LogP contribution in [0.15, 0.2) is 82.5 Å². The van der Waals surface area contributed by atoms with Crippen LogP contribution in [0.1, 0.15) is 15.9 Å². The average molecular weight is 503 g/mol. The maximum absolute atomic E-state index is 13.0. The van der Waals surface area contributed by atoms with E-state index >= 15 is 0 Å². The molecule has 1 heterocycles. The number of carbonyl (C=O) groups excluding carboxylic acids is 1.